The summed E-state index contributed by atoms with van der Waals surface area (Å²) < 4.78 is 1.16. The summed E-state index contributed by atoms with van der Waals surface area (Å²) in [5, 5.41) is 4.57. The Labute approximate surface area is 167 Å². The van der Waals surface area contributed by atoms with E-state index in [4.69, 9.17) is 5.73 Å². The van der Waals surface area contributed by atoms with Gasteiger partial charge in [0.25, 0.3) is 5.91 Å². The standard InChI is InChI=1S/C20H22N6OS/c21-20-23-11-13-12-26(7-4-15(13)24-20)19(27)18-10-14-16(2-1-3-17(14)28-18)25-8-5-22-6-9-25/h1-3,10-11,22H,4-9,12H2,(H2,21,23,24). The number of anilines is 2. The summed E-state index contributed by atoms with van der Waals surface area (Å²) in [5.74, 6) is 0.374. The van der Waals surface area contributed by atoms with Crippen LogP contribution >= 0.6 is 11.3 Å². The van der Waals surface area contributed by atoms with E-state index in [0.29, 0.717) is 25.5 Å². The third-order valence-corrected chi connectivity index (χ3v) is 6.53. The molecule has 8 heteroatoms. The van der Waals surface area contributed by atoms with E-state index in [2.05, 4.69) is 44.5 Å². The third kappa shape index (κ3) is 3.08. The Morgan fingerprint density at radius 3 is 2.93 bits per heavy atom. The van der Waals surface area contributed by atoms with Crippen LogP contribution in [0.4, 0.5) is 11.6 Å². The largest absolute Gasteiger partial charge is 0.368 e. The van der Waals surface area contributed by atoms with Gasteiger partial charge >= 0.3 is 0 Å². The summed E-state index contributed by atoms with van der Waals surface area (Å²) in [6, 6.07) is 8.41. The highest BCUT2D eigenvalue weighted by Crippen LogP contribution is 2.34. The summed E-state index contributed by atoms with van der Waals surface area (Å²) in [6.45, 7) is 5.15. The van der Waals surface area contributed by atoms with Gasteiger partial charge in [0.2, 0.25) is 5.95 Å². The van der Waals surface area contributed by atoms with Crippen molar-refractivity contribution in [2.24, 2.45) is 0 Å². The summed E-state index contributed by atoms with van der Waals surface area (Å²) in [7, 11) is 0. The molecular formula is C20H22N6OS. The number of nitrogen functional groups attached to an aromatic ring is 1. The zero-order valence-corrected chi connectivity index (χ0v) is 16.3. The minimum atomic E-state index is 0.0786. The second-order valence-electron chi connectivity index (χ2n) is 7.21. The number of carbonyl (C=O) groups is 1. The van der Waals surface area contributed by atoms with Crippen LogP contribution in [-0.2, 0) is 13.0 Å². The Hall–Kier alpha value is -2.71. The maximum absolute atomic E-state index is 13.2. The van der Waals surface area contributed by atoms with Crippen molar-refractivity contribution in [1.82, 2.24) is 20.2 Å². The van der Waals surface area contributed by atoms with E-state index in [1.165, 1.54) is 11.1 Å². The molecule has 0 aliphatic carbocycles. The van der Waals surface area contributed by atoms with Crippen molar-refractivity contribution in [1.29, 1.82) is 0 Å². The van der Waals surface area contributed by atoms with Gasteiger partial charge < -0.3 is 20.9 Å². The predicted molar refractivity (Wildman–Crippen MR) is 112 cm³/mol. The van der Waals surface area contributed by atoms with Crippen LogP contribution in [0, 0.1) is 0 Å². The first-order chi connectivity index (χ1) is 13.7. The lowest BCUT2D eigenvalue weighted by Gasteiger charge is -2.30. The van der Waals surface area contributed by atoms with Gasteiger partial charge in [-0.1, -0.05) is 6.07 Å². The van der Waals surface area contributed by atoms with E-state index < -0.39 is 0 Å². The van der Waals surface area contributed by atoms with Crippen LogP contribution in [-0.4, -0.2) is 53.5 Å². The third-order valence-electron chi connectivity index (χ3n) is 5.45. The van der Waals surface area contributed by atoms with E-state index in [1.54, 1.807) is 17.5 Å². The molecule has 2 aliphatic rings. The number of aromatic nitrogens is 2. The van der Waals surface area contributed by atoms with Gasteiger partial charge in [-0.25, -0.2) is 9.97 Å². The first-order valence-electron chi connectivity index (χ1n) is 9.57. The molecule has 3 N–H and O–H groups in total. The molecule has 7 nitrogen and oxygen atoms in total. The smallest absolute Gasteiger partial charge is 0.264 e. The van der Waals surface area contributed by atoms with E-state index in [9.17, 15) is 4.79 Å². The molecule has 2 aliphatic heterocycles. The minimum Gasteiger partial charge on any atom is -0.368 e. The number of hydrogen-bond donors (Lipinski definition) is 2. The number of carbonyl (C=O) groups excluding carboxylic acids is 1. The number of nitrogens with one attached hydrogen (secondary N) is 1. The lowest BCUT2D eigenvalue weighted by molar-refractivity contribution is 0.0738. The van der Waals surface area contributed by atoms with Gasteiger partial charge in [0.1, 0.15) is 0 Å². The minimum absolute atomic E-state index is 0.0786. The Bertz CT molecular complexity index is 1040. The number of amides is 1. The molecule has 4 heterocycles. The molecule has 0 atom stereocenters. The second-order valence-corrected chi connectivity index (χ2v) is 8.30. The van der Waals surface area contributed by atoms with Crippen LogP contribution in [0.15, 0.2) is 30.5 Å². The average Bonchev–Trinajstić information content (AvgIpc) is 3.18. The quantitative estimate of drug-likeness (QED) is 0.690. The molecule has 0 saturated carbocycles. The van der Waals surface area contributed by atoms with Crippen LogP contribution in [0.25, 0.3) is 10.1 Å². The second kappa shape index (κ2) is 7.03. The lowest BCUT2D eigenvalue weighted by Crippen LogP contribution is -2.43. The zero-order chi connectivity index (χ0) is 19.1. The first-order valence-corrected chi connectivity index (χ1v) is 10.4. The van der Waals surface area contributed by atoms with Crippen molar-refractivity contribution in [2.45, 2.75) is 13.0 Å². The molecular weight excluding hydrogens is 372 g/mol. The monoisotopic (exact) mass is 394 g/mol. The molecule has 0 unspecified atom stereocenters. The fourth-order valence-corrected chi connectivity index (χ4v) is 5.04. The molecule has 144 valence electrons. The molecule has 1 aromatic carbocycles. The molecule has 1 fully saturated rings. The molecule has 3 aromatic rings. The number of benzene rings is 1. The Morgan fingerprint density at radius 1 is 1.21 bits per heavy atom. The van der Waals surface area contributed by atoms with Crippen LogP contribution < -0.4 is 16.0 Å². The van der Waals surface area contributed by atoms with Crippen molar-refractivity contribution in [3.8, 4) is 0 Å². The van der Waals surface area contributed by atoms with Crippen LogP contribution in [0.3, 0.4) is 0 Å². The molecule has 1 saturated heterocycles. The maximum Gasteiger partial charge on any atom is 0.264 e. The highest BCUT2D eigenvalue weighted by Gasteiger charge is 2.25. The Morgan fingerprint density at radius 2 is 2.07 bits per heavy atom. The van der Waals surface area contributed by atoms with Crippen molar-refractivity contribution in [3.63, 3.8) is 0 Å². The molecule has 1 amide bonds. The topological polar surface area (TPSA) is 87.4 Å². The van der Waals surface area contributed by atoms with E-state index >= 15 is 0 Å². The number of thiophene rings is 1. The number of fused-ring (bicyclic) bond motifs is 2. The predicted octanol–water partition coefficient (Wildman–Crippen LogP) is 1.88. The van der Waals surface area contributed by atoms with Crippen molar-refractivity contribution < 1.29 is 4.79 Å². The summed E-state index contributed by atoms with van der Waals surface area (Å²) in [4.78, 5) is 26.6. The number of hydrogen-bond acceptors (Lipinski definition) is 7. The van der Waals surface area contributed by atoms with E-state index in [1.807, 2.05) is 4.90 Å². The molecule has 28 heavy (non-hydrogen) atoms. The van der Waals surface area contributed by atoms with Gasteiger partial charge in [-0.05, 0) is 18.2 Å². The van der Waals surface area contributed by atoms with Crippen molar-refractivity contribution in [2.75, 3.05) is 43.4 Å². The van der Waals surface area contributed by atoms with Gasteiger partial charge in [0, 0.05) is 73.2 Å². The number of nitrogens with two attached hydrogens (primary N) is 1. The van der Waals surface area contributed by atoms with Crippen LogP contribution in [0.2, 0.25) is 0 Å². The number of rotatable bonds is 2. The number of nitrogens with zero attached hydrogens (tertiary/aromatic N) is 4. The van der Waals surface area contributed by atoms with Gasteiger partial charge in [-0.15, -0.1) is 11.3 Å². The average molecular weight is 395 g/mol. The van der Waals surface area contributed by atoms with Gasteiger partial charge in [0.15, 0.2) is 0 Å². The first kappa shape index (κ1) is 17.4. The van der Waals surface area contributed by atoms with Crippen molar-refractivity contribution in [3.05, 3.63) is 46.6 Å². The van der Waals surface area contributed by atoms with Crippen LogP contribution in [0.5, 0.6) is 0 Å². The fraction of sp³-hybridized carbons (Fsp3) is 0.350. The summed E-state index contributed by atoms with van der Waals surface area (Å²) in [5.41, 5.74) is 8.84. The van der Waals surface area contributed by atoms with Crippen molar-refractivity contribution >= 4 is 39.0 Å². The molecule has 0 radical (unpaired) electrons. The number of piperazine rings is 1. The van der Waals surface area contributed by atoms with E-state index in [0.717, 1.165) is 47.0 Å². The molecule has 5 rings (SSSR count). The zero-order valence-electron chi connectivity index (χ0n) is 15.5. The highest BCUT2D eigenvalue weighted by molar-refractivity contribution is 7.20. The summed E-state index contributed by atoms with van der Waals surface area (Å²) in [6.07, 6.45) is 2.45. The molecule has 0 bridgehead atoms. The Kier molecular flexibility index (Phi) is 4.37. The van der Waals surface area contributed by atoms with Gasteiger partial charge in [0.05, 0.1) is 10.6 Å². The molecule has 0 spiro atoms. The highest BCUT2D eigenvalue weighted by atomic mass is 32.1. The SMILES string of the molecule is Nc1ncc2c(n1)CCN(C(=O)c1cc3c(N4CCNCC4)cccc3s1)C2. The van der Waals surface area contributed by atoms with Gasteiger partial charge in [-0.3, -0.25) is 4.79 Å². The van der Waals surface area contributed by atoms with E-state index in [-0.39, 0.29) is 5.91 Å². The lowest BCUT2D eigenvalue weighted by atomic mass is 10.1. The normalized spacial score (nSPS) is 17.0. The fourth-order valence-electron chi connectivity index (χ4n) is 3.99. The van der Waals surface area contributed by atoms with Gasteiger partial charge in [-0.2, -0.15) is 0 Å². The van der Waals surface area contributed by atoms with Crippen LogP contribution in [0.1, 0.15) is 20.9 Å². The maximum atomic E-state index is 13.2. The summed E-state index contributed by atoms with van der Waals surface area (Å²) >= 11 is 1.58. The Balaban J connectivity index is 1.43. The molecule has 2 aromatic heterocycles.